The van der Waals surface area contributed by atoms with Crippen molar-refractivity contribution in [1.82, 2.24) is 10.1 Å². The van der Waals surface area contributed by atoms with Gasteiger partial charge in [0.05, 0.1) is 11.5 Å². The van der Waals surface area contributed by atoms with Crippen LogP contribution in [0.1, 0.15) is 17.0 Å². The van der Waals surface area contributed by atoms with Gasteiger partial charge >= 0.3 is 0 Å². The Morgan fingerprint density at radius 1 is 1.58 bits per heavy atom. The highest BCUT2D eigenvalue weighted by atomic mass is 16.6. The fraction of sp³-hybridized carbons (Fsp3) is 0.182. The molecule has 1 N–H and O–H groups in total. The molecule has 0 unspecified atom stereocenters. The van der Waals surface area contributed by atoms with Crippen molar-refractivity contribution in [2.75, 3.05) is 5.32 Å². The zero-order chi connectivity index (χ0) is 13.8. The molecule has 0 aliphatic heterocycles. The summed E-state index contributed by atoms with van der Waals surface area (Å²) < 4.78 is 4.90. The molecule has 0 aliphatic rings. The highest BCUT2D eigenvalue weighted by Gasteiger charge is 2.12. The maximum absolute atomic E-state index is 10.6. The highest BCUT2D eigenvalue weighted by Crippen LogP contribution is 2.18. The van der Waals surface area contributed by atoms with Crippen LogP contribution in [-0.2, 0) is 6.54 Å². The van der Waals surface area contributed by atoms with Crippen LogP contribution in [0, 0.1) is 28.4 Å². The van der Waals surface area contributed by atoms with Crippen molar-refractivity contribution >= 4 is 11.5 Å². The first-order valence-electron chi connectivity index (χ1n) is 5.30. The van der Waals surface area contributed by atoms with E-state index < -0.39 is 4.92 Å². The zero-order valence-electron chi connectivity index (χ0n) is 9.95. The normalized spacial score (nSPS) is 9.89. The molecule has 0 spiro atoms. The number of nitriles is 1. The molecule has 0 atom stereocenters. The Morgan fingerprint density at radius 2 is 2.37 bits per heavy atom. The molecule has 0 bridgehead atoms. The van der Waals surface area contributed by atoms with E-state index in [1.165, 1.54) is 6.07 Å². The summed E-state index contributed by atoms with van der Waals surface area (Å²) in [5, 5.41) is 26.2. The lowest BCUT2D eigenvalue weighted by Gasteiger charge is -2.04. The lowest BCUT2D eigenvalue weighted by molar-refractivity contribution is -0.385. The summed E-state index contributed by atoms with van der Waals surface area (Å²) in [6, 6.07) is 4.77. The number of nitrogens with one attached hydrogen (secondary N) is 1. The Kier molecular flexibility index (Phi) is 3.38. The number of aromatic nitrogens is 2. The third kappa shape index (κ3) is 2.84. The third-order valence-electron chi connectivity index (χ3n) is 2.32. The quantitative estimate of drug-likeness (QED) is 0.656. The number of nitro groups is 1. The van der Waals surface area contributed by atoms with Gasteiger partial charge in [-0.25, -0.2) is 4.98 Å². The van der Waals surface area contributed by atoms with E-state index in [9.17, 15) is 10.1 Å². The number of nitrogens with zero attached hydrogens (tertiary/aromatic N) is 4. The molecule has 96 valence electrons. The summed E-state index contributed by atoms with van der Waals surface area (Å²) in [4.78, 5) is 13.8. The molecule has 0 saturated carbocycles. The number of aryl methyl sites for hydroxylation is 1. The van der Waals surface area contributed by atoms with Crippen LogP contribution in [0.15, 0.2) is 22.9 Å². The Labute approximate surface area is 107 Å². The molecule has 19 heavy (non-hydrogen) atoms. The number of rotatable bonds is 4. The fourth-order valence-electron chi connectivity index (χ4n) is 1.46. The van der Waals surface area contributed by atoms with Crippen molar-refractivity contribution in [3.05, 3.63) is 45.5 Å². The smallest absolute Gasteiger partial charge is 0.289 e. The highest BCUT2D eigenvalue weighted by molar-refractivity contribution is 5.55. The summed E-state index contributed by atoms with van der Waals surface area (Å²) in [5.41, 5.74) is 0.537. The molecule has 2 aromatic rings. The van der Waals surface area contributed by atoms with Crippen LogP contribution in [0.25, 0.3) is 0 Å². The zero-order valence-corrected chi connectivity index (χ0v) is 9.95. The van der Waals surface area contributed by atoms with Gasteiger partial charge < -0.3 is 9.84 Å². The number of hydrogen-bond acceptors (Lipinski definition) is 7. The van der Waals surface area contributed by atoms with Crippen LogP contribution < -0.4 is 5.32 Å². The maximum atomic E-state index is 10.6. The second-order valence-electron chi connectivity index (χ2n) is 3.74. The Hall–Kier alpha value is -2.95. The van der Waals surface area contributed by atoms with E-state index in [-0.39, 0.29) is 17.1 Å². The molecule has 0 aliphatic carbocycles. The van der Waals surface area contributed by atoms with Crippen LogP contribution in [0.2, 0.25) is 0 Å². The first-order valence-corrected chi connectivity index (χ1v) is 5.30. The Morgan fingerprint density at radius 3 is 2.95 bits per heavy atom. The van der Waals surface area contributed by atoms with E-state index in [4.69, 9.17) is 9.78 Å². The Bertz CT molecular complexity index is 659. The molecular weight excluding hydrogens is 250 g/mol. The minimum atomic E-state index is -0.599. The van der Waals surface area contributed by atoms with Crippen molar-refractivity contribution in [3.63, 3.8) is 0 Å². The lowest BCUT2D eigenvalue weighted by Crippen LogP contribution is -2.04. The molecule has 8 heteroatoms. The van der Waals surface area contributed by atoms with E-state index in [0.29, 0.717) is 18.0 Å². The molecule has 8 nitrogen and oxygen atoms in total. The van der Waals surface area contributed by atoms with Gasteiger partial charge in [0.25, 0.3) is 5.69 Å². The SMILES string of the molecule is Cc1cc(CNc2ncc([N+](=O)[O-])cc2C#N)no1. The minimum Gasteiger partial charge on any atom is -0.363 e. The van der Waals surface area contributed by atoms with Crippen LogP contribution >= 0.6 is 0 Å². The van der Waals surface area contributed by atoms with Gasteiger partial charge in [-0.1, -0.05) is 5.16 Å². The summed E-state index contributed by atoms with van der Waals surface area (Å²) in [7, 11) is 0. The number of hydrogen-bond donors (Lipinski definition) is 1. The van der Waals surface area contributed by atoms with Crippen molar-refractivity contribution in [2.45, 2.75) is 13.5 Å². The van der Waals surface area contributed by atoms with E-state index in [0.717, 1.165) is 6.20 Å². The predicted octanol–water partition coefficient (Wildman–Crippen LogP) is 1.77. The molecule has 0 amide bonds. The molecular formula is C11H9N5O3. The molecule has 0 aromatic carbocycles. The van der Waals surface area contributed by atoms with Gasteiger partial charge in [-0.3, -0.25) is 10.1 Å². The standard InChI is InChI=1S/C11H9N5O3/c1-7-2-9(15-19-7)5-13-11-8(4-12)3-10(6-14-11)16(17)18/h2-3,6H,5H2,1H3,(H,13,14). The van der Waals surface area contributed by atoms with Crippen molar-refractivity contribution in [2.24, 2.45) is 0 Å². The molecule has 0 radical (unpaired) electrons. The first kappa shape index (κ1) is 12.5. The van der Waals surface area contributed by atoms with Crippen molar-refractivity contribution < 1.29 is 9.45 Å². The van der Waals surface area contributed by atoms with Gasteiger partial charge in [0.1, 0.15) is 35.1 Å². The molecule has 2 aromatic heterocycles. The summed E-state index contributed by atoms with van der Waals surface area (Å²) in [6.45, 7) is 2.08. The average Bonchev–Trinajstić information content (AvgIpc) is 2.81. The summed E-state index contributed by atoms with van der Waals surface area (Å²) in [6.07, 6.45) is 1.09. The Balaban J connectivity index is 2.16. The lowest BCUT2D eigenvalue weighted by atomic mass is 10.2. The minimum absolute atomic E-state index is 0.106. The van der Waals surface area contributed by atoms with Crippen LogP contribution in [-0.4, -0.2) is 15.1 Å². The largest absolute Gasteiger partial charge is 0.363 e. The van der Waals surface area contributed by atoms with Crippen molar-refractivity contribution in [3.8, 4) is 6.07 Å². The average molecular weight is 259 g/mol. The van der Waals surface area contributed by atoms with E-state index in [1.54, 1.807) is 13.0 Å². The van der Waals surface area contributed by atoms with Gasteiger partial charge in [0.15, 0.2) is 0 Å². The first-order chi connectivity index (χ1) is 9.10. The van der Waals surface area contributed by atoms with Gasteiger partial charge in [-0.15, -0.1) is 0 Å². The molecule has 0 fully saturated rings. The van der Waals surface area contributed by atoms with E-state index in [1.807, 2.05) is 6.07 Å². The number of pyridine rings is 1. The van der Waals surface area contributed by atoms with Crippen molar-refractivity contribution in [1.29, 1.82) is 5.26 Å². The van der Waals surface area contributed by atoms with Gasteiger partial charge in [0.2, 0.25) is 0 Å². The second-order valence-corrected chi connectivity index (χ2v) is 3.74. The van der Waals surface area contributed by atoms with E-state index >= 15 is 0 Å². The van der Waals surface area contributed by atoms with Crippen LogP contribution in [0.3, 0.4) is 0 Å². The fourth-order valence-corrected chi connectivity index (χ4v) is 1.46. The summed E-state index contributed by atoms with van der Waals surface area (Å²) in [5.74, 6) is 0.947. The van der Waals surface area contributed by atoms with Gasteiger partial charge in [0, 0.05) is 12.1 Å². The van der Waals surface area contributed by atoms with Crippen LogP contribution in [0.4, 0.5) is 11.5 Å². The van der Waals surface area contributed by atoms with Gasteiger partial charge in [-0.2, -0.15) is 5.26 Å². The molecule has 2 heterocycles. The topological polar surface area (TPSA) is 118 Å². The van der Waals surface area contributed by atoms with E-state index in [2.05, 4.69) is 15.5 Å². The molecule has 2 rings (SSSR count). The monoisotopic (exact) mass is 259 g/mol. The predicted molar refractivity (Wildman–Crippen MR) is 64.2 cm³/mol. The molecule has 0 saturated heterocycles. The number of anilines is 1. The van der Waals surface area contributed by atoms with Crippen LogP contribution in [0.5, 0.6) is 0 Å². The third-order valence-corrected chi connectivity index (χ3v) is 2.32. The maximum Gasteiger partial charge on any atom is 0.289 e. The van der Waals surface area contributed by atoms with Gasteiger partial charge in [-0.05, 0) is 6.92 Å². The second kappa shape index (κ2) is 5.14. The summed E-state index contributed by atoms with van der Waals surface area (Å²) >= 11 is 0.